The maximum Gasteiger partial charge on any atom is 0.390 e. The normalized spacial score (nSPS) is 19.1. The highest BCUT2D eigenvalue weighted by Crippen LogP contribution is 2.22. The Morgan fingerprint density at radius 1 is 1.29 bits per heavy atom. The predicted octanol–water partition coefficient (Wildman–Crippen LogP) is 2.65. The van der Waals surface area contributed by atoms with Gasteiger partial charge in [-0.1, -0.05) is 13.8 Å². The molecule has 1 atom stereocenters. The highest BCUT2D eigenvalue weighted by atomic mass is 19.4. The summed E-state index contributed by atoms with van der Waals surface area (Å²) in [6, 6.07) is 0.783. The van der Waals surface area contributed by atoms with E-state index in [0.717, 1.165) is 6.54 Å². The van der Waals surface area contributed by atoms with Gasteiger partial charge in [-0.3, -0.25) is 0 Å². The monoisotopic (exact) mass is 252 g/mol. The zero-order chi connectivity index (χ0) is 13.1. The summed E-state index contributed by atoms with van der Waals surface area (Å²) >= 11 is 0. The first-order chi connectivity index (χ1) is 7.79. The Bertz CT molecular complexity index is 224. The Labute approximate surface area is 102 Å². The Morgan fingerprint density at radius 2 is 1.88 bits per heavy atom. The molecule has 1 fully saturated rings. The predicted molar refractivity (Wildman–Crippen MR) is 63.0 cm³/mol. The molecule has 5 heteroatoms. The number of nitrogens with one attached hydrogen (secondary N) is 1. The van der Waals surface area contributed by atoms with E-state index in [0.29, 0.717) is 12.0 Å². The topological polar surface area (TPSA) is 15.3 Å². The van der Waals surface area contributed by atoms with Crippen molar-refractivity contribution in [1.29, 1.82) is 0 Å². The van der Waals surface area contributed by atoms with Crippen LogP contribution < -0.4 is 5.32 Å². The van der Waals surface area contributed by atoms with Gasteiger partial charge in [-0.2, -0.15) is 13.2 Å². The smallest absolute Gasteiger partial charge is 0.312 e. The van der Waals surface area contributed by atoms with E-state index in [1.165, 1.54) is 12.8 Å². The lowest BCUT2D eigenvalue weighted by Crippen LogP contribution is -2.45. The Morgan fingerprint density at radius 3 is 2.29 bits per heavy atom. The minimum atomic E-state index is -4.06. The summed E-state index contributed by atoms with van der Waals surface area (Å²) in [5, 5.41) is 3.39. The van der Waals surface area contributed by atoms with Crippen LogP contribution in [-0.4, -0.2) is 43.3 Å². The van der Waals surface area contributed by atoms with Crippen LogP contribution in [0.25, 0.3) is 0 Å². The minimum absolute atomic E-state index is 0.0820. The average molecular weight is 252 g/mol. The molecule has 1 aliphatic rings. The molecular weight excluding hydrogens is 229 g/mol. The van der Waals surface area contributed by atoms with Crippen molar-refractivity contribution in [3.63, 3.8) is 0 Å². The number of nitrogens with zero attached hydrogens (tertiary/aromatic N) is 1. The molecule has 0 aromatic rings. The summed E-state index contributed by atoms with van der Waals surface area (Å²) in [4.78, 5) is 1.83. The van der Waals surface area contributed by atoms with Gasteiger partial charge in [0, 0.05) is 25.2 Å². The zero-order valence-electron chi connectivity index (χ0n) is 10.8. The van der Waals surface area contributed by atoms with Gasteiger partial charge < -0.3 is 10.2 Å². The zero-order valence-corrected chi connectivity index (χ0v) is 10.8. The van der Waals surface area contributed by atoms with Crippen molar-refractivity contribution in [2.24, 2.45) is 5.92 Å². The third-order valence-corrected chi connectivity index (χ3v) is 3.28. The SMILES string of the molecule is CC(C)C(CNC1CC1)N(C)CCC(F)(F)F. The van der Waals surface area contributed by atoms with E-state index >= 15 is 0 Å². The Hall–Kier alpha value is -0.290. The molecule has 0 aromatic heterocycles. The van der Waals surface area contributed by atoms with E-state index in [9.17, 15) is 13.2 Å². The number of likely N-dealkylation sites (N-methyl/N-ethyl adjacent to an activating group) is 1. The van der Waals surface area contributed by atoms with Crippen LogP contribution in [0.15, 0.2) is 0 Å². The first kappa shape index (κ1) is 14.8. The van der Waals surface area contributed by atoms with Crippen molar-refractivity contribution >= 4 is 0 Å². The highest BCUT2D eigenvalue weighted by Gasteiger charge is 2.30. The quantitative estimate of drug-likeness (QED) is 0.749. The summed E-state index contributed by atoms with van der Waals surface area (Å²) in [6.45, 7) is 4.99. The van der Waals surface area contributed by atoms with Crippen LogP contribution in [0.2, 0.25) is 0 Å². The molecule has 0 spiro atoms. The first-order valence-electron chi connectivity index (χ1n) is 6.30. The van der Waals surface area contributed by atoms with Gasteiger partial charge in [0.2, 0.25) is 0 Å². The van der Waals surface area contributed by atoms with Crippen LogP contribution >= 0.6 is 0 Å². The van der Waals surface area contributed by atoms with Crippen molar-refractivity contribution < 1.29 is 13.2 Å². The van der Waals surface area contributed by atoms with E-state index in [-0.39, 0.29) is 12.6 Å². The number of alkyl halides is 3. The number of hydrogen-bond acceptors (Lipinski definition) is 2. The van der Waals surface area contributed by atoms with E-state index in [1.54, 1.807) is 7.05 Å². The van der Waals surface area contributed by atoms with Crippen LogP contribution in [0.3, 0.4) is 0 Å². The molecule has 1 unspecified atom stereocenters. The maximum atomic E-state index is 12.2. The minimum Gasteiger partial charge on any atom is -0.312 e. The van der Waals surface area contributed by atoms with Crippen molar-refractivity contribution in [3.05, 3.63) is 0 Å². The molecule has 17 heavy (non-hydrogen) atoms. The fourth-order valence-corrected chi connectivity index (χ4v) is 1.94. The van der Waals surface area contributed by atoms with Crippen LogP contribution in [-0.2, 0) is 0 Å². The molecule has 1 N–H and O–H groups in total. The largest absolute Gasteiger partial charge is 0.390 e. The molecule has 0 heterocycles. The first-order valence-corrected chi connectivity index (χ1v) is 6.30. The summed E-state index contributed by atoms with van der Waals surface area (Å²) in [5.74, 6) is 0.361. The number of halogens is 3. The third-order valence-electron chi connectivity index (χ3n) is 3.28. The number of hydrogen-bond donors (Lipinski definition) is 1. The second kappa shape index (κ2) is 6.05. The van der Waals surface area contributed by atoms with E-state index < -0.39 is 12.6 Å². The summed E-state index contributed by atoms with van der Waals surface area (Å²) < 4.78 is 36.5. The van der Waals surface area contributed by atoms with Gasteiger partial charge >= 0.3 is 6.18 Å². The molecule has 1 aliphatic carbocycles. The van der Waals surface area contributed by atoms with Gasteiger partial charge in [0.1, 0.15) is 0 Å². The maximum absolute atomic E-state index is 12.2. The van der Waals surface area contributed by atoms with Crippen molar-refractivity contribution in [3.8, 4) is 0 Å². The van der Waals surface area contributed by atoms with Gasteiger partial charge in [-0.25, -0.2) is 0 Å². The number of rotatable bonds is 7. The summed E-state index contributed by atoms with van der Waals surface area (Å²) in [6.07, 6.45) is -2.37. The molecule has 0 amide bonds. The Balaban J connectivity index is 2.33. The average Bonchev–Trinajstić information content (AvgIpc) is 2.97. The van der Waals surface area contributed by atoms with Gasteiger partial charge in [0.05, 0.1) is 6.42 Å². The van der Waals surface area contributed by atoms with Gasteiger partial charge in [0.15, 0.2) is 0 Å². The molecule has 0 radical (unpaired) electrons. The van der Waals surface area contributed by atoms with Crippen molar-refractivity contribution in [1.82, 2.24) is 10.2 Å². The molecule has 0 saturated heterocycles. The molecular formula is C12H23F3N2. The van der Waals surface area contributed by atoms with E-state index in [4.69, 9.17) is 0 Å². The lowest BCUT2D eigenvalue weighted by atomic mass is 10.0. The van der Waals surface area contributed by atoms with Crippen molar-refractivity contribution in [2.75, 3.05) is 20.1 Å². The molecule has 1 rings (SSSR count). The lowest BCUT2D eigenvalue weighted by molar-refractivity contribution is -0.138. The highest BCUT2D eigenvalue weighted by molar-refractivity contribution is 4.84. The van der Waals surface area contributed by atoms with E-state index in [1.807, 2.05) is 4.90 Å². The molecule has 0 bridgehead atoms. The van der Waals surface area contributed by atoms with Crippen LogP contribution in [0.1, 0.15) is 33.1 Å². The second-order valence-corrected chi connectivity index (χ2v) is 5.34. The third kappa shape index (κ3) is 6.27. The molecule has 102 valence electrons. The van der Waals surface area contributed by atoms with Crippen molar-refractivity contribution in [2.45, 2.75) is 51.4 Å². The summed E-state index contributed by atoms with van der Waals surface area (Å²) in [7, 11) is 1.78. The molecule has 0 aliphatic heterocycles. The van der Waals surface area contributed by atoms with Crippen LogP contribution in [0, 0.1) is 5.92 Å². The summed E-state index contributed by atoms with van der Waals surface area (Å²) in [5.41, 5.74) is 0. The van der Waals surface area contributed by atoms with Gasteiger partial charge in [-0.15, -0.1) is 0 Å². The van der Waals surface area contributed by atoms with Crippen LogP contribution in [0.4, 0.5) is 13.2 Å². The Kier molecular flexibility index (Phi) is 5.25. The second-order valence-electron chi connectivity index (χ2n) is 5.34. The fraction of sp³-hybridized carbons (Fsp3) is 1.00. The van der Waals surface area contributed by atoms with Gasteiger partial charge in [0.25, 0.3) is 0 Å². The molecule has 0 aromatic carbocycles. The van der Waals surface area contributed by atoms with E-state index in [2.05, 4.69) is 19.2 Å². The molecule has 1 saturated carbocycles. The van der Waals surface area contributed by atoms with Crippen LogP contribution in [0.5, 0.6) is 0 Å². The van der Waals surface area contributed by atoms with Gasteiger partial charge in [-0.05, 0) is 25.8 Å². The lowest BCUT2D eigenvalue weighted by Gasteiger charge is -2.31. The standard InChI is InChI=1S/C12H23F3N2/c1-9(2)11(8-16-10-4-5-10)17(3)7-6-12(13,14)15/h9-11,16H,4-8H2,1-3H3. The molecule has 2 nitrogen and oxygen atoms in total. The fourth-order valence-electron chi connectivity index (χ4n) is 1.94.